The fraction of sp³-hybridized carbons (Fsp3) is 0.333. The molecule has 0 unspecified atom stereocenters. The zero-order chi connectivity index (χ0) is 18.8. The van der Waals surface area contributed by atoms with E-state index in [1.165, 1.54) is 0 Å². The van der Waals surface area contributed by atoms with Crippen molar-refractivity contribution in [3.05, 3.63) is 65.2 Å². The lowest BCUT2D eigenvalue weighted by molar-refractivity contribution is -0.124. The van der Waals surface area contributed by atoms with Gasteiger partial charge in [-0.05, 0) is 37.5 Å². The van der Waals surface area contributed by atoms with E-state index in [2.05, 4.69) is 10.6 Å². The van der Waals surface area contributed by atoms with E-state index < -0.39 is 0 Å². The van der Waals surface area contributed by atoms with Crippen LogP contribution in [0.25, 0.3) is 0 Å². The standard InChI is InChI=1S/C21H26N2O3/c1-16-8-10-19(17(2)14-16)26-15-21(25)23-13-12-22-20(24)11-9-18-6-4-3-5-7-18/h3-8,10,14H,9,11-13,15H2,1-2H3,(H,22,24)(H,23,25). The van der Waals surface area contributed by atoms with Crippen LogP contribution in [-0.2, 0) is 16.0 Å². The minimum absolute atomic E-state index is 0.0189. The normalized spacial score (nSPS) is 10.2. The van der Waals surface area contributed by atoms with E-state index in [4.69, 9.17) is 4.74 Å². The van der Waals surface area contributed by atoms with Gasteiger partial charge in [0.15, 0.2) is 6.61 Å². The van der Waals surface area contributed by atoms with Crippen molar-refractivity contribution < 1.29 is 14.3 Å². The lowest BCUT2D eigenvalue weighted by Crippen LogP contribution is -2.36. The summed E-state index contributed by atoms with van der Waals surface area (Å²) in [5, 5.41) is 5.54. The number of ether oxygens (including phenoxy) is 1. The Balaban J connectivity index is 1.57. The van der Waals surface area contributed by atoms with Gasteiger partial charge in [0.05, 0.1) is 0 Å². The summed E-state index contributed by atoms with van der Waals surface area (Å²) < 4.78 is 5.52. The number of aryl methyl sites for hydroxylation is 3. The molecule has 0 aliphatic heterocycles. The molecule has 0 aromatic heterocycles. The first-order chi connectivity index (χ1) is 12.5. The third kappa shape index (κ3) is 6.97. The molecule has 2 N–H and O–H groups in total. The van der Waals surface area contributed by atoms with Crippen molar-refractivity contribution in [2.24, 2.45) is 0 Å². The van der Waals surface area contributed by atoms with E-state index in [-0.39, 0.29) is 18.4 Å². The average molecular weight is 354 g/mol. The number of nitrogens with one attached hydrogen (secondary N) is 2. The summed E-state index contributed by atoms with van der Waals surface area (Å²) in [5.41, 5.74) is 3.30. The molecule has 2 aromatic carbocycles. The van der Waals surface area contributed by atoms with E-state index in [1.807, 2.05) is 62.4 Å². The predicted molar refractivity (Wildman–Crippen MR) is 102 cm³/mol. The number of hydrogen-bond donors (Lipinski definition) is 2. The Hall–Kier alpha value is -2.82. The Labute approximate surface area is 154 Å². The Morgan fingerprint density at radius 3 is 2.31 bits per heavy atom. The molecule has 0 spiro atoms. The first-order valence-corrected chi connectivity index (χ1v) is 8.82. The Morgan fingerprint density at radius 1 is 0.923 bits per heavy atom. The number of amides is 2. The van der Waals surface area contributed by atoms with E-state index in [1.54, 1.807) is 0 Å². The van der Waals surface area contributed by atoms with Crippen molar-refractivity contribution >= 4 is 11.8 Å². The first-order valence-electron chi connectivity index (χ1n) is 8.82. The fourth-order valence-corrected chi connectivity index (χ4v) is 2.55. The zero-order valence-corrected chi connectivity index (χ0v) is 15.4. The van der Waals surface area contributed by atoms with E-state index in [0.29, 0.717) is 31.7 Å². The highest BCUT2D eigenvalue weighted by Crippen LogP contribution is 2.18. The van der Waals surface area contributed by atoms with Gasteiger partial charge in [0.1, 0.15) is 5.75 Å². The van der Waals surface area contributed by atoms with Gasteiger partial charge in [0.2, 0.25) is 5.91 Å². The number of carbonyl (C=O) groups excluding carboxylic acids is 2. The van der Waals surface area contributed by atoms with Crippen LogP contribution in [0.2, 0.25) is 0 Å². The first kappa shape index (κ1) is 19.5. The number of rotatable bonds is 9. The number of hydrogen-bond acceptors (Lipinski definition) is 3. The van der Waals surface area contributed by atoms with Crippen LogP contribution in [0.5, 0.6) is 5.75 Å². The van der Waals surface area contributed by atoms with E-state index in [9.17, 15) is 9.59 Å². The summed E-state index contributed by atoms with van der Waals surface area (Å²) in [5.74, 6) is 0.484. The molecular formula is C21H26N2O3. The third-order valence-corrected chi connectivity index (χ3v) is 3.94. The highest BCUT2D eigenvalue weighted by atomic mass is 16.5. The summed E-state index contributed by atoms with van der Waals surface area (Å²) in [6, 6.07) is 15.7. The highest BCUT2D eigenvalue weighted by Gasteiger charge is 2.06. The molecule has 26 heavy (non-hydrogen) atoms. The fourth-order valence-electron chi connectivity index (χ4n) is 2.55. The average Bonchev–Trinajstić information content (AvgIpc) is 2.63. The van der Waals surface area contributed by atoms with Crippen LogP contribution in [0, 0.1) is 13.8 Å². The SMILES string of the molecule is Cc1ccc(OCC(=O)NCCNC(=O)CCc2ccccc2)c(C)c1. The van der Waals surface area contributed by atoms with Gasteiger partial charge in [0, 0.05) is 19.5 Å². The monoisotopic (exact) mass is 354 g/mol. The Bertz CT molecular complexity index is 729. The lowest BCUT2D eigenvalue weighted by Gasteiger charge is -2.10. The second-order valence-corrected chi connectivity index (χ2v) is 6.24. The second-order valence-electron chi connectivity index (χ2n) is 6.24. The summed E-state index contributed by atoms with van der Waals surface area (Å²) in [6.45, 7) is 4.71. The van der Waals surface area contributed by atoms with Gasteiger partial charge in [0.25, 0.3) is 5.91 Å². The molecule has 5 nitrogen and oxygen atoms in total. The molecular weight excluding hydrogens is 328 g/mol. The van der Waals surface area contributed by atoms with Gasteiger partial charge in [-0.25, -0.2) is 0 Å². The minimum Gasteiger partial charge on any atom is -0.484 e. The van der Waals surface area contributed by atoms with E-state index in [0.717, 1.165) is 16.7 Å². The second kappa shape index (κ2) is 10.2. The lowest BCUT2D eigenvalue weighted by atomic mass is 10.1. The van der Waals surface area contributed by atoms with Crippen molar-refractivity contribution in [1.29, 1.82) is 0 Å². The van der Waals surface area contributed by atoms with Crippen molar-refractivity contribution in [2.75, 3.05) is 19.7 Å². The van der Waals surface area contributed by atoms with Crippen LogP contribution in [-0.4, -0.2) is 31.5 Å². The maximum Gasteiger partial charge on any atom is 0.258 e. The minimum atomic E-state index is -0.205. The number of carbonyl (C=O) groups is 2. The van der Waals surface area contributed by atoms with Gasteiger partial charge in [-0.1, -0.05) is 48.0 Å². The largest absolute Gasteiger partial charge is 0.484 e. The van der Waals surface area contributed by atoms with Gasteiger partial charge >= 0.3 is 0 Å². The van der Waals surface area contributed by atoms with Gasteiger partial charge in [-0.2, -0.15) is 0 Å². The maximum absolute atomic E-state index is 11.8. The van der Waals surface area contributed by atoms with Crippen LogP contribution in [0.4, 0.5) is 0 Å². The van der Waals surface area contributed by atoms with Crippen molar-refractivity contribution in [3.63, 3.8) is 0 Å². The van der Waals surface area contributed by atoms with Gasteiger partial charge < -0.3 is 15.4 Å². The Kier molecular flexibility index (Phi) is 7.68. The molecule has 5 heteroatoms. The molecule has 0 saturated heterocycles. The molecule has 0 bridgehead atoms. The molecule has 0 fully saturated rings. The molecule has 0 aliphatic rings. The van der Waals surface area contributed by atoms with E-state index >= 15 is 0 Å². The topological polar surface area (TPSA) is 67.4 Å². The summed E-state index contributed by atoms with van der Waals surface area (Å²) in [4.78, 5) is 23.6. The molecule has 0 radical (unpaired) electrons. The van der Waals surface area contributed by atoms with Crippen molar-refractivity contribution in [1.82, 2.24) is 10.6 Å². The third-order valence-electron chi connectivity index (χ3n) is 3.94. The zero-order valence-electron chi connectivity index (χ0n) is 15.4. The smallest absolute Gasteiger partial charge is 0.258 e. The van der Waals surface area contributed by atoms with Crippen LogP contribution >= 0.6 is 0 Å². The molecule has 2 amide bonds. The van der Waals surface area contributed by atoms with Gasteiger partial charge in [-0.15, -0.1) is 0 Å². The highest BCUT2D eigenvalue weighted by molar-refractivity contribution is 5.78. The van der Waals surface area contributed by atoms with Crippen LogP contribution in [0.1, 0.15) is 23.1 Å². The van der Waals surface area contributed by atoms with Crippen molar-refractivity contribution in [2.45, 2.75) is 26.7 Å². The molecule has 2 rings (SSSR count). The van der Waals surface area contributed by atoms with Crippen LogP contribution in [0.15, 0.2) is 48.5 Å². The van der Waals surface area contributed by atoms with Crippen LogP contribution in [0.3, 0.4) is 0 Å². The summed E-state index contributed by atoms with van der Waals surface area (Å²) in [7, 11) is 0. The molecule has 0 saturated carbocycles. The van der Waals surface area contributed by atoms with Crippen molar-refractivity contribution in [3.8, 4) is 5.75 Å². The molecule has 0 atom stereocenters. The summed E-state index contributed by atoms with van der Waals surface area (Å²) in [6.07, 6.45) is 1.15. The Morgan fingerprint density at radius 2 is 1.62 bits per heavy atom. The van der Waals surface area contributed by atoms with Gasteiger partial charge in [-0.3, -0.25) is 9.59 Å². The molecule has 2 aromatic rings. The number of benzene rings is 2. The predicted octanol–water partition coefficient (Wildman–Crippen LogP) is 2.55. The maximum atomic E-state index is 11.8. The quantitative estimate of drug-likeness (QED) is 0.680. The molecule has 0 heterocycles. The van der Waals surface area contributed by atoms with Crippen LogP contribution < -0.4 is 15.4 Å². The summed E-state index contributed by atoms with van der Waals surface area (Å²) >= 11 is 0. The molecule has 138 valence electrons. The molecule has 0 aliphatic carbocycles.